The number of halogens is 2. The van der Waals surface area contributed by atoms with Crippen molar-refractivity contribution in [3.63, 3.8) is 0 Å². The maximum Gasteiger partial charge on any atom is 0.270 e. The van der Waals surface area contributed by atoms with Crippen LogP contribution in [0.25, 0.3) is 11.3 Å². The minimum atomic E-state index is -0.429. The molecule has 4 rings (SSSR count). The molecule has 0 aliphatic carbocycles. The first kappa shape index (κ1) is 22.7. The Morgan fingerprint density at radius 3 is 2.76 bits per heavy atom. The van der Waals surface area contributed by atoms with E-state index in [4.69, 9.17) is 27.9 Å². The van der Waals surface area contributed by atoms with Crippen molar-refractivity contribution < 1.29 is 9.66 Å². The lowest BCUT2D eigenvalue weighted by atomic mass is 10.1. The summed E-state index contributed by atoms with van der Waals surface area (Å²) in [6, 6.07) is 19.2. The van der Waals surface area contributed by atoms with Gasteiger partial charge in [0.2, 0.25) is 5.13 Å². The summed E-state index contributed by atoms with van der Waals surface area (Å²) in [4.78, 5) is 15.0. The molecule has 166 valence electrons. The van der Waals surface area contributed by atoms with E-state index in [2.05, 4.69) is 15.5 Å². The lowest BCUT2D eigenvalue weighted by molar-refractivity contribution is -0.384. The van der Waals surface area contributed by atoms with Crippen LogP contribution >= 0.6 is 34.5 Å². The van der Waals surface area contributed by atoms with Crippen LogP contribution in [-0.4, -0.2) is 16.1 Å². The number of hydrogen-bond donors (Lipinski definition) is 1. The van der Waals surface area contributed by atoms with Gasteiger partial charge < -0.3 is 4.74 Å². The van der Waals surface area contributed by atoms with E-state index in [1.807, 2.05) is 35.7 Å². The van der Waals surface area contributed by atoms with Crippen LogP contribution < -0.4 is 10.2 Å². The lowest BCUT2D eigenvalue weighted by Crippen LogP contribution is -1.96. The van der Waals surface area contributed by atoms with Crippen molar-refractivity contribution in [1.29, 1.82) is 0 Å². The summed E-state index contributed by atoms with van der Waals surface area (Å²) < 4.78 is 5.83. The van der Waals surface area contributed by atoms with Crippen molar-refractivity contribution >= 4 is 51.6 Å². The normalized spacial score (nSPS) is 11.0. The Hall–Kier alpha value is -3.46. The van der Waals surface area contributed by atoms with Gasteiger partial charge in [-0.2, -0.15) is 5.10 Å². The molecule has 1 aromatic heterocycles. The highest BCUT2D eigenvalue weighted by molar-refractivity contribution is 7.14. The summed E-state index contributed by atoms with van der Waals surface area (Å²) in [5.41, 5.74) is 5.96. The van der Waals surface area contributed by atoms with Crippen molar-refractivity contribution in [2.24, 2.45) is 5.10 Å². The number of non-ortho nitro benzene ring substituents is 1. The first-order valence-corrected chi connectivity index (χ1v) is 11.3. The summed E-state index contributed by atoms with van der Waals surface area (Å²) in [6.07, 6.45) is 1.65. The van der Waals surface area contributed by atoms with Crippen molar-refractivity contribution in [2.75, 3.05) is 5.43 Å². The van der Waals surface area contributed by atoms with E-state index in [-0.39, 0.29) is 5.69 Å². The van der Waals surface area contributed by atoms with Crippen molar-refractivity contribution in [3.8, 4) is 17.0 Å². The van der Waals surface area contributed by atoms with Gasteiger partial charge in [0.05, 0.1) is 26.9 Å². The minimum Gasteiger partial charge on any atom is -0.489 e. The zero-order chi connectivity index (χ0) is 23.2. The standard InChI is InChI=1S/C23H16Cl2N4O3S/c24-20-8-7-16(10-21(20)25)13-32-19-6-1-3-15(9-19)12-26-28-23-27-22(14-33-23)17-4-2-5-18(11-17)29(30)31/h1-12,14H,13H2,(H,27,28)/b26-12-. The molecule has 0 bridgehead atoms. The SMILES string of the molecule is O=[N+]([O-])c1cccc(-c2csc(N/N=C\c3cccc(OCc4ccc(Cl)c(Cl)c4)c3)n2)c1. The van der Waals surface area contributed by atoms with Crippen LogP contribution in [0, 0.1) is 10.1 Å². The van der Waals surface area contributed by atoms with Crippen molar-refractivity contribution in [3.05, 3.63) is 103 Å². The van der Waals surface area contributed by atoms with Gasteiger partial charge in [0.1, 0.15) is 12.4 Å². The Balaban J connectivity index is 1.36. The largest absolute Gasteiger partial charge is 0.489 e. The van der Waals surface area contributed by atoms with Crippen LogP contribution in [0.4, 0.5) is 10.8 Å². The summed E-state index contributed by atoms with van der Waals surface area (Å²) in [5, 5.41) is 18.6. The van der Waals surface area contributed by atoms with Gasteiger partial charge in [0, 0.05) is 23.1 Å². The van der Waals surface area contributed by atoms with Crippen molar-refractivity contribution in [1.82, 2.24) is 4.98 Å². The Morgan fingerprint density at radius 2 is 1.94 bits per heavy atom. The monoisotopic (exact) mass is 498 g/mol. The molecule has 0 unspecified atom stereocenters. The zero-order valence-electron chi connectivity index (χ0n) is 16.9. The number of benzene rings is 3. The Morgan fingerprint density at radius 1 is 1.09 bits per heavy atom. The molecule has 0 fully saturated rings. The molecule has 4 aromatic rings. The molecule has 0 amide bonds. The highest BCUT2D eigenvalue weighted by Crippen LogP contribution is 2.27. The Labute approximate surface area is 203 Å². The van der Waals surface area contributed by atoms with Crippen LogP contribution in [0.2, 0.25) is 10.0 Å². The fourth-order valence-electron chi connectivity index (χ4n) is 2.88. The summed E-state index contributed by atoms with van der Waals surface area (Å²) >= 11 is 13.3. The molecule has 0 saturated heterocycles. The number of hydrazone groups is 1. The molecule has 3 aromatic carbocycles. The molecule has 0 spiro atoms. The number of rotatable bonds is 8. The average molecular weight is 499 g/mol. The second-order valence-corrected chi connectivity index (χ2v) is 8.50. The quantitative estimate of drug-likeness (QED) is 0.159. The first-order valence-electron chi connectivity index (χ1n) is 9.64. The molecule has 10 heteroatoms. The number of thiazole rings is 1. The first-order chi connectivity index (χ1) is 16.0. The molecule has 0 aliphatic heterocycles. The van der Waals surface area contributed by atoms with E-state index < -0.39 is 4.92 Å². The van der Waals surface area contributed by atoms with Gasteiger partial charge in [-0.3, -0.25) is 15.5 Å². The predicted molar refractivity (Wildman–Crippen MR) is 133 cm³/mol. The number of ether oxygens (including phenoxy) is 1. The van der Waals surface area contributed by atoms with E-state index >= 15 is 0 Å². The summed E-state index contributed by atoms with van der Waals surface area (Å²) in [7, 11) is 0. The maximum atomic E-state index is 11.0. The number of hydrogen-bond acceptors (Lipinski definition) is 7. The smallest absolute Gasteiger partial charge is 0.270 e. The fraction of sp³-hybridized carbons (Fsp3) is 0.0435. The average Bonchev–Trinajstić information content (AvgIpc) is 3.29. The van der Waals surface area contributed by atoms with E-state index in [1.165, 1.54) is 23.5 Å². The zero-order valence-corrected chi connectivity index (χ0v) is 19.3. The number of anilines is 1. The van der Waals surface area contributed by atoms with Crippen molar-refractivity contribution in [2.45, 2.75) is 6.61 Å². The second kappa shape index (κ2) is 10.4. The molecular weight excluding hydrogens is 483 g/mol. The summed E-state index contributed by atoms with van der Waals surface area (Å²) in [5.74, 6) is 0.687. The molecule has 7 nitrogen and oxygen atoms in total. The number of aromatic nitrogens is 1. The van der Waals surface area contributed by atoms with Gasteiger partial charge in [0.15, 0.2) is 0 Å². The van der Waals surface area contributed by atoms with Gasteiger partial charge in [-0.05, 0) is 35.4 Å². The number of nitrogens with one attached hydrogen (secondary N) is 1. The maximum absolute atomic E-state index is 11.0. The van der Waals surface area contributed by atoms with Gasteiger partial charge in [-0.15, -0.1) is 11.3 Å². The molecule has 0 saturated carbocycles. The van der Waals surface area contributed by atoms with E-state index in [1.54, 1.807) is 30.5 Å². The highest BCUT2D eigenvalue weighted by atomic mass is 35.5. The van der Waals surface area contributed by atoms with E-state index in [0.717, 1.165) is 11.1 Å². The number of nitro groups is 1. The van der Waals surface area contributed by atoms with Gasteiger partial charge >= 0.3 is 0 Å². The molecule has 1 heterocycles. The molecule has 0 aliphatic rings. The van der Waals surface area contributed by atoms with Crippen LogP contribution in [0.15, 0.2) is 77.2 Å². The molecule has 0 radical (unpaired) electrons. The van der Waals surface area contributed by atoms with Crippen LogP contribution in [0.5, 0.6) is 5.75 Å². The van der Waals surface area contributed by atoms with Crippen LogP contribution in [0.1, 0.15) is 11.1 Å². The van der Waals surface area contributed by atoms with Gasteiger partial charge in [0.25, 0.3) is 5.69 Å². The van der Waals surface area contributed by atoms with Crippen LogP contribution in [0.3, 0.4) is 0 Å². The molecule has 33 heavy (non-hydrogen) atoms. The van der Waals surface area contributed by atoms with E-state index in [0.29, 0.717) is 38.8 Å². The Bertz CT molecular complexity index is 1330. The fourth-order valence-corrected chi connectivity index (χ4v) is 3.87. The second-order valence-electron chi connectivity index (χ2n) is 6.82. The molecule has 1 N–H and O–H groups in total. The third-order valence-electron chi connectivity index (χ3n) is 4.48. The topological polar surface area (TPSA) is 89.7 Å². The summed E-state index contributed by atoms with van der Waals surface area (Å²) in [6.45, 7) is 0.356. The lowest BCUT2D eigenvalue weighted by Gasteiger charge is -2.07. The number of nitrogens with zero attached hydrogens (tertiary/aromatic N) is 3. The van der Waals surface area contributed by atoms with Crippen LogP contribution in [-0.2, 0) is 6.61 Å². The minimum absolute atomic E-state index is 0.0225. The Kier molecular flexibility index (Phi) is 7.19. The van der Waals surface area contributed by atoms with Gasteiger partial charge in [-0.25, -0.2) is 4.98 Å². The van der Waals surface area contributed by atoms with Gasteiger partial charge in [-0.1, -0.05) is 53.5 Å². The third-order valence-corrected chi connectivity index (χ3v) is 5.96. The molecular formula is C23H16Cl2N4O3S. The highest BCUT2D eigenvalue weighted by Gasteiger charge is 2.10. The molecule has 0 atom stereocenters. The predicted octanol–water partition coefficient (Wildman–Crippen LogP) is 7.05. The third kappa shape index (κ3) is 6.07. The number of nitro benzene ring substituents is 1. The van der Waals surface area contributed by atoms with E-state index in [9.17, 15) is 10.1 Å².